The lowest BCUT2D eigenvalue weighted by Gasteiger charge is -2.19. The normalized spacial score (nSPS) is 28.5. The number of rotatable bonds is 2. The number of fused-ring (bicyclic) bond motifs is 1. The molecule has 1 aromatic carbocycles. The van der Waals surface area contributed by atoms with Gasteiger partial charge in [0.2, 0.25) is 0 Å². The summed E-state index contributed by atoms with van der Waals surface area (Å²) in [6.45, 7) is 1.39. The number of aliphatic hydroxyl groups is 1. The summed E-state index contributed by atoms with van der Waals surface area (Å²) >= 11 is 0. The summed E-state index contributed by atoms with van der Waals surface area (Å²) in [4.78, 5) is 14.3. The van der Waals surface area contributed by atoms with Crippen molar-refractivity contribution >= 4 is 11.6 Å². The van der Waals surface area contributed by atoms with Gasteiger partial charge < -0.3 is 20.5 Å². The van der Waals surface area contributed by atoms with Gasteiger partial charge in [-0.3, -0.25) is 4.79 Å². The molecule has 3 rings (SSSR count). The minimum absolute atomic E-state index is 0.0130. The quantitative estimate of drug-likeness (QED) is 0.794. The van der Waals surface area contributed by atoms with Crippen molar-refractivity contribution in [2.45, 2.75) is 18.9 Å². The van der Waals surface area contributed by atoms with Crippen molar-refractivity contribution in [2.75, 3.05) is 25.9 Å². The van der Waals surface area contributed by atoms with E-state index in [1.54, 1.807) is 25.3 Å². The number of hydrogen-bond acceptors (Lipinski definition) is 4. The summed E-state index contributed by atoms with van der Waals surface area (Å²) in [7, 11) is 1.55. The lowest BCUT2D eigenvalue weighted by molar-refractivity contribution is 0.0752. The minimum atomic E-state index is -0.251. The number of methoxy groups -OCH3 is 1. The van der Waals surface area contributed by atoms with Crippen LogP contribution in [0.5, 0.6) is 5.75 Å². The Morgan fingerprint density at radius 2 is 2.20 bits per heavy atom. The highest BCUT2D eigenvalue weighted by Gasteiger charge is 2.43. The Hall–Kier alpha value is -1.75. The molecule has 3 unspecified atom stereocenters. The molecule has 0 aromatic heterocycles. The number of benzene rings is 1. The van der Waals surface area contributed by atoms with Gasteiger partial charge in [-0.1, -0.05) is 0 Å². The molecule has 1 heterocycles. The van der Waals surface area contributed by atoms with Crippen molar-refractivity contribution in [1.82, 2.24) is 4.90 Å². The third-order valence-electron chi connectivity index (χ3n) is 4.58. The molecule has 1 aromatic rings. The highest BCUT2D eigenvalue weighted by molar-refractivity contribution is 5.95. The van der Waals surface area contributed by atoms with E-state index in [2.05, 4.69) is 0 Å². The fourth-order valence-corrected chi connectivity index (χ4v) is 3.45. The third-order valence-corrected chi connectivity index (χ3v) is 4.58. The molecule has 0 spiro atoms. The zero-order valence-electron chi connectivity index (χ0n) is 11.6. The van der Waals surface area contributed by atoms with E-state index in [1.807, 2.05) is 4.90 Å². The topological polar surface area (TPSA) is 75.8 Å². The van der Waals surface area contributed by atoms with Crippen LogP contribution in [0, 0.1) is 11.8 Å². The van der Waals surface area contributed by atoms with Gasteiger partial charge in [-0.2, -0.15) is 0 Å². The van der Waals surface area contributed by atoms with Gasteiger partial charge >= 0.3 is 0 Å². The van der Waals surface area contributed by atoms with E-state index in [0.717, 1.165) is 19.4 Å². The summed E-state index contributed by atoms with van der Waals surface area (Å²) in [5.41, 5.74) is 6.90. The molecular formula is C15H20N2O3. The van der Waals surface area contributed by atoms with Gasteiger partial charge in [-0.15, -0.1) is 0 Å². The molecule has 20 heavy (non-hydrogen) atoms. The molecule has 1 aliphatic carbocycles. The average Bonchev–Trinajstić information content (AvgIpc) is 3.00. The predicted molar refractivity (Wildman–Crippen MR) is 75.5 cm³/mol. The third kappa shape index (κ3) is 2.12. The van der Waals surface area contributed by atoms with Crippen molar-refractivity contribution in [3.05, 3.63) is 23.8 Å². The van der Waals surface area contributed by atoms with E-state index < -0.39 is 0 Å². The molecule has 1 saturated heterocycles. The number of aliphatic hydroxyl groups excluding tert-OH is 1. The Bertz CT molecular complexity index is 532. The summed E-state index contributed by atoms with van der Waals surface area (Å²) < 4.78 is 5.10. The van der Waals surface area contributed by atoms with Crippen LogP contribution in [0.25, 0.3) is 0 Å². The molecule has 5 heteroatoms. The standard InChI is InChI=1S/C15H20N2O3/c1-20-14-5-3-9(6-12(14)16)15(19)17-7-10-2-4-13(18)11(10)8-17/h3,5-6,10-11,13,18H,2,4,7-8,16H2,1H3. The van der Waals surface area contributed by atoms with E-state index in [9.17, 15) is 9.90 Å². The van der Waals surface area contributed by atoms with Crippen LogP contribution in [0.2, 0.25) is 0 Å². The fourth-order valence-electron chi connectivity index (χ4n) is 3.45. The predicted octanol–water partition coefficient (Wildman–Crippen LogP) is 1.12. The van der Waals surface area contributed by atoms with Crippen molar-refractivity contribution in [2.24, 2.45) is 11.8 Å². The van der Waals surface area contributed by atoms with E-state index in [0.29, 0.717) is 29.5 Å². The van der Waals surface area contributed by atoms with E-state index in [-0.39, 0.29) is 17.9 Å². The van der Waals surface area contributed by atoms with Gasteiger partial charge in [-0.05, 0) is 37.0 Å². The SMILES string of the molecule is COc1ccc(C(=O)N2CC3CCC(O)C3C2)cc1N. The van der Waals surface area contributed by atoms with Crippen molar-refractivity contribution in [3.8, 4) is 5.75 Å². The summed E-state index contributed by atoms with van der Waals surface area (Å²) in [6, 6.07) is 5.11. The maximum absolute atomic E-state index is 12.5. The van der Waals surface area contributed by atoms with E-state index >= 15 is 0 Å². The molecular weight excluding hydrogens is 256 g/mol. The number of carbonyl (C=O) groups is 1. The first-order valence-corrected chi connectivity index (χ1v) is 7.01. The van der Waals surface area contributed by atoms with Gasteiger partial charge in [0, 0.05) is 24.6 Å². The van der Waals surface area contributed by atoms with Crippen LogP contribution in [0.3, 0.4) is 0 Å². The fraction of sp³-hybridized carbons (Fsp3) is 0.533. The second kappa shape index (κ2) is 4.98. The number of amides is 1. The average molecular weight is 276 g/mol. The number of anilines is 1. The van der Waals surface area contributed by atoms with Crippen LogP contribution in [0.1, 0.15) is 23.2 Å². The zero-order chi connectivity index (χ0) is 14.3. The van der Waals surface area contributed by atoms with Gasteiger partial charge in [-0.25, -0.2) is 0 Å². The van der Waals surface area contributed by atoms with Gasteiger partial charge in [0.1, 0.15) is 5.75 Å². The van der Waals surface area contributed by atoms with Crippen LogP contribution in [-0.2, 0) is 0 Å². The summed E-state index contributed by atoms with van der Waals surface area (Å²) in [5.74, 6) is 1.26. The van der Waals surface area contributed by atoms with Crippen molar-refractivity contribution in [1.29, 1.82) is 0 Å². The van der Waals surface area contributed by atoms with Crippen molar-refractivity contribution in [3.63, 3.8) is 0 Å². The molecule has 3 N–H and O–H groups in total. The molecule has 0 bridgehead atoms. The number of likely N-dealkylation sites (tertiary alicyclic amines) is 1. The second-order valence-electron chi connectivity index (χ2n) is 5.74. The van der Waals surface area contributed by atoms with Crippen LogP contribution in [-0.4, -0.2) is 42.2 Å². The largest absolute Gasteiger partial charge is 0.495 e. The van der Waals surface area contributed by atoms with Crippen LogP contribution in [0.15, 0.2) is 18.2 Å². The highest BCUT2D eigenvalue weighted by atomic mass is 16.5. The maximum atomic E-state index is 12.5. The summed E-state index contributed by atoms with van der Waals surface area (Å²) in [6.07, 6.45) is 1.63. The van der Waals surface area contributed by atoms with Gasteiger partial charge in [0.15, 0.2) is 0 Å². The van der Waals surface area contributed by atoms with Crippen molar-refractivity contribution < 1.29 is 14.6 Å². The van der Waals surface area contributed by atoms with Crippen LogP contribution < -0.4 is 10.5 Å². The Morgan fingerprint density at radius 3 is 2.85 bits per heavy atom. The first kappa shape index (κ1) is 13.2. The first-order valence-electron chi connectivity index (χ1n) is 7.01. The maximum Gasteiger partial charge on any atom is 0.253 e. The highest BCUT2D eigenvalue weighted by Crippen LogP contribution is 2.38. The lowest BCUT2D eigenvalue weighted by Crippen LogP contribution is -2.31. The Kier molecular flexibility index (Phi) is 3.30. The number of hydrogen-bond donors (Lipinski definition) is 2. The molecule has 1 amide bonds. The van der Waals surface area contributed by atoms with Gasteiger partial charge in [0.25, 0.3) is 5.91 Å². The van der Waals surface area contributed by atoms with Gasteiger partial charge in [0.05, 0.1) is 18.9 Å². The number of ether oxygens (including phenoxy) is 1. The van der Waals surface area contributed by atoms with Crippen LogP contribution >= 0.6 is 0 Å². The Balaban J connectivity index is 1.75. The number of nitrogens with zero attached hydrogens (tertiary/aromatic N) is 1. The lowest BCUT2D eigenvalue weighted by atomic mass is 10.00. The number of carbonyl (C=O) groups excluding carboxylic acids is 1. The molecule has 2 fully saturated rings. The molecule has 0 radical (unpaired) electrons. The monoisotopic (exact) mass is 276 g/mol. The Morgan fingerprint density at radius 1 is 1.40 bits per heavy atom. The molecule has 108 valence electrons. The molecule has 1 saturated carbocycles. The number of nitrogen functional groups attached to an aromatic ring is 1. The molecule has 5 nitrogen and oxygen atoms in total. The first-order chi connectivity index (χ1) is 9.60. The zero-order valence-corrected chi connectivity index (χ0v) is 11.6. The van der Waals surface area contributed by atoms with Crippen LogP contribution in [0.4, 0.5) is 5.69 Å². The Labute approximate surface area is 118 Å². The minimum Gasteiger partial charge on any atom is -0.495 e. The molecule has 1 aliphatic heterocycles. The van der Waals surface area contributed by atoms with E-state index in [4.69, 9.17) is 10.5 Å². The van der Waals surface area contributed by atoms with E-state index in [1.165, 1.54) is 0 Å². The molecule has 3 atom stereocenters. The second-order valence-corrected chi connectivity index (χ2v) is 5.74. The summed E-state index contributed by atoms with van der Waals surface area (Å²) in [5, 5.41) is 9.91. The molecule has 2 aliphatic rings. The smallest absolute Gasteiger partial charge is 0.253 e. The number of nitrogens with two attached hydrogens (primary N) is 1.